The molecule has 6 aliphatic rings. The lowest BCUT2D eigenvalue weighted by Gasteiger charge is -2.71. The van der Waals surface area contributed by atoms with Crippen molar-refractivity contribution in [2.75, 3.05) is 32.7 Å². The van der Waals surface area contributed by atoms with Crippen LogP contribution in [0.2, 0.25) is 0 Å². The number of rotatable bonds is 3. The van der Waals surface area contributed by atoms with E-state index in [1.54, 1.807) is 11.8 Å². The van der Waals surface area contributed by atoms with Gasteiger partial charge in [-0.1, -0.05) is 73.1 Å². The molecular weight excluding hydrogens is 578 g/mol. The van der Waals surface area contributed by atoms with Gasteiger partial charge in [0, 0.05) is 44.0 Å². The number of pyridine rings is 1. The highest BCUT2D eigenvalue weighted by Gasteiger charge is 2.70. The molecule has 0 aromatic carbocycles. The van der Waals surface area contributed by atoms with Crippen molar-refractivity contribution >= 4 is 17.8 Å². The number of ketones is 1. The molecular formula is C42H61N3O2. The van der Waals surface area contributed by atoms with Gasteiger partial charge in [-0.3, -0.25) is 14.6 Å². The predicted molar refractivity (Wildman–Crippen MR) is 190 cm³/mol. The summed E-state index contributed by atoms with van der Waals surface area (Å²) in [6, 6.07) is 4.04. The summed E-state index contributed by atoms with van der Waals surface area (Å²) in [5, 5.41) is 0. The first-order valence-corrected chi connectivity index (χ1v) is 19.1. The van der Waals surface area contributed by atoms with Gasteiger partial charge < -0.3 is 9.80 Å². The van der Waals surface area contributed by atoms with Gasteiger partial charge >= 0.3 is 0 Å². The Balaban J connectivity index is 1.28. The van der Waals surface area contributed by atoms with E-state index in [4.69, 9.17) is 0 Å². The van der Waals surface area contributed by atoms with Crippen LogP contribution in [0.25, 0.3) is 6.08 Å². The van der Waals surface area contributed by atoms with Gasteiger partial charge in [-0.2, -0.15) is 0 Å². The zero-order valence-corrected chi connectivity index (χ0v) is 30.7. The molecule has 5 aliphatic carbocycles. The monoisotopic (exact) mass is 639 g/mol. The van der Waals surface area contributed by atoms with Gasteiger partial charge in [-0.05, 0) is 127 Å². The molecule has 47 heavy (non-hydrogen) atoms. The Bertz CT molecular complexity index is 1470. The fraction of sp³-hybridized carbons (Fsp3) is 0.738. The minimum atomic E-state index is -0.392. The van der Waals surface area contributed by atoms with Crippen LogP contribution in [0.4, 0.5) is 0 Å². The van der Waals surface area contributed by atoms with E-state index < -0.39 is 5.41 Å². The molecule has 256 valence electrons. The van der Waals surface area contributed by atoms with Gasteiger partial charge in [0.25, 0.3) is 0 Å². The molecule has 5 nitrogen and oxygen atoms in total. The van der Waals surface area contributed by atoms with Crippen LogP contribution in [-0.4, -0.2) is 59.2 Å². The molecule has 0 unspecified atom stereocenters. The van der Waals surface area contributed by atoms with E-state index in [2.05, 4.69) is 88.4 Å². The molecule has 2 heterocycles. The smallest absolute Gasteiger partial charge is 0.229 e. The number of aromatic nitrogens is 1. The van der Waals surface area contributed by atoms with E-state index in [9.17, 15) is 9.59 Å². The van der Waals surface area contributed by atoms with Gasteiger partial charge in [0.2, 0.25) is 5.91 Å². The molecule has 1 saturated heterocycles. The molecule has 0 N–H and O–H groups in total. The summed E-state index contributed by atoms with van der Waals surface area (Å²) in [4.78, 5) is 38.1. The molecule has 9 atom stereocenters. The second-order valence-corrected chi connectivity index (χ2v) is 18.2. The van der Waals surface area contributed by atoms with E-state index in [-0.39, 0.29) is 21.7 Å². The van der Waals surface area contributed by atoms with Crippen molar-refractivity contribution < 1.29 is 9.59 Å². The highest BCUT2D eigenvalue weighted by molar-refractivity contribution is 6.04. The number of nitrogens with zero attached hydrogens (tertiary/aromatic N) is 3. The van der Waals surface area contributed by atoms with Crippen LogP contribution in [0.1, 0.15) is 112 Å². The number of piperazine rings is 1. The van der Waals surface area contributed by atoms with Crippen LogP contribution in [0.3, 0.4) is 0 Å². The number of allylic oxidation sites excluding steroid dienone is 3. The fourth-order valence-corrected chi connectivity index (χ4v) is 13.1. The Labute approximate surface area is 285 Å². The summed E-state index contributed by atoms with van der Waals surface area (Å²) in [6.45, 7) is 24.3. The van der Waals surface area contributed by atoms with Crippen LogP contribution in [0, 0.1) is 56.7 Å². The molecule has 0 radical (unpaired) electrons. The van der Waals surface area contributed by atoms with E-state index in [1.165, 1.54) is 6.42 Å². The maximum Gasteiger partial charge on any atom is 0.229 e. The SMILES string of the molecule is CCN1CCN(C(=O)[C@]23CC[C@@H](C)[C@H](C)[C@@H]2C2=CC[C@@H]4[C@@]5(C)C/C(=C/c6cccnc6)C(=O)C(C)(C)[C@@H]5CC[C@@]4(C)[C@]2(C)CC3)CC1. The lowest BCUT2D eigenvalue weighted by atomic mass is 9.33. The normalized spacial score (nSPS) is 44.1. The standard InChI is InChI=1S/C42H61N3O2/c1-9-44-21-23-45(24-22-44)37(47)42-17-14-28(2)29(3)35(42)32-12-13-34-39(6)26-31(25-30-11-10-20-43-27-30)36(46)38(4,5)33(39)15-16-41(34,8)40(32,7)18-19-42/h10-12,20,25,27-29,33-35H,9,13-19,21-24,26H2,1-8H3/b31-25-/t28-,29+,33+,34-,35-,39+,40-,41-,42+/m1/s1. The lowest BCUT2D eigenvalue weighted by molar-refractivity contribution is -0.184. The van der Waals surface area contributed by atoms with Crippen LogP contribution in [-0.2, 0) is 9.59 Å². The molecule has 7 rings (SSSR count). The Morgan fingerprint density at radius 2 is 1.72 bits per heavy atom. The summed E-state index contributed by atoms with van der Waals surface area (Å²) in [6.07, 6.45) is 17.0. The van der Waals surface area contributed by atoms with Gasteiger partial charge in [0.15, 0.2) is 5.78 Å². The summed E-state index contributed by atoms with van der Waals surface area (Å²) < 4.78 is 0. The summed E-state index contributed by atoms with van der Waals surface area (Å²) in [7, 11) is 0. The van der Waals surface area contributed by atoms with Crippen LogP contribution < -0.4 is 0 Å². The maximum atomic E-state index is 14.9. The quantitative estimate of drug-likeness (QED) is 0.246. The van der Waals surface area contributed by atoms with Crippen molar-refractivity contribution in [3.05, 3.63) is 47.3 Å². The number of carbonyl (C=O) groups is 2. The topological polar surface area (TPSA) is 53.5 Å². The van der Waals surface area contributed by atoms with E-state index in [0.29, 0.717) is 41.3 Å². The molecule has 1 aromatic rings. The third kappa shape index (κ3) is 4.67. The Kier molecular flexibility index (Phi) is 8.05. The van der Waals surface area contributed by atoms with Gasteiger partial charge in [-0.15, -0.1) is 0 Å². The van der Waals surface area contributed by atoms with E-state index in [0.717, 1.165) is 88.8 Å². The number of hydrogen-bond acceptors (Lipinski definition) is 4. The van der Waals surface area contributed by atoms with E-state index >= 15 is 0 Å². The van der Waals surface area contributed by atoms with Crippen molar-refractivity contribution in [1.29, 1.82) is 0 Å². The number of carbonyl (C=O) groups excluding carboxylic acids is 2. The largest absolute Gasteiger partial charge is 0.340 e. The molecule has 5 fully saturated rings. The first kappa shape index (κ1) is 33.2. The van der Waals surface area contributed by atoms with Crippen LogP contribution in [0.5, 0.6) is 0 Å². The van der Waals surface area contributed by atoms with Gasteiger partial charge in [0.1, 0.15) is 0 Å². The molecule has 1 amide bonds. The predicted octanol–water partition coefficient (Wildman–Crippen LogP) is 8.47. The molecule has 1 aromatic heterocycles. The summed E-state index contributed by atoms with van der Waals surface area (Å²) >= 11 is 0. The summed E-state index contributed by atoms with van der Waals surface area (Å²) in [5.74, 6) is 3.12. The third-order valence-electron chi connectivity index (χ3n) is 16.1. The lowest BCUT2D eigenvalue weighted by Crippen LogP contribution is -2.66. The first-order valence-electron chi connectivity index (χ1n) is 19.1. The highest BCUT2D eigenvalue weighted by atomic mass is 16.2. The van der Waals surface area contributed by atoms with E-state index in [1.807, 2.05) is 12.3 Å². The molecule has 0 spiro atoms. The van der Waals surface area contributed by atoms with Crippen molar-refractivity contribution in [3.8, 4) is 0 Å². The first-order chi connectivity index (χ1) is 22.2. The number of Topliss-reactive ketones (excluding diaryl/α,β-unsaturated/α-hetero) is 1. The maximum absolute atomic E-state index is 14.9. The average Bonchev–Trinajstić information content (AvgIpc) is 3.05. The zero-order valence-electron chi connectivity index (χ0n) is 30.7. The van der Waals surface area contributed by atoms with Gasteiger partial charge in [0.05, 0.1) is 5.41 Å². The number of hydrogen-bond donors (Lipinski definition) is 0. The second kappa shape index (κ2) is 11.4. The van der Waals surface area contributed by atoms with Crippen molar-refractivity contribution in [2.45, 2.75) is 107 Å². The molecule has 5 heteroatoms. The third-order valence-corrected chi connectivity index (χ3v) is 16.1. The fourth-order valence-electron chi connectivity index (χ4n) is 13.1. The number of fused-ring (bicyclic) bond motifs is 7. The van der Waals surface area contributed by atoms with Crippen molar-refractivity contribution in [3.63, 3.8) is 0 Å². The minimum absolute atomic E-state index is 0.0261. The highest BCUT2D eigenvalue weighted by Crippen LogP contribution is 2.76. The van der Waals surface area contributed by atoms with Crippen molar-refractivity contribution in [1.82, 2.24) is 14.8 Å². The Morgan fingerprint density at radius 1 is 0.979 bits per heavy atom. The van der Waals surface area contributed by atoms with Crippen molar-refractivity contribution in [2.24, 2.45) is 56.7 Å². The molecule has 4 saturated carbocycles. The zero-order chi connectivity index (χ0) is 33.6. The van der Waals surface area contributed by atoms with Crippen LogP contribution >= 0.6 is 0 Å². The average molecular weight is 640 g/mol. The van der Waals surface area contributed by atoms with Gasteiger partial charge in [-0.25, -0.2) is 0 Å². The Hall–Kier alpha value is -2.27. The Morgan fingerprint density at radius 3 is 2.40 bits per heavy atom. The number of likely N-dealkylation sites (N-methyl/N-ethyl adjacent to an activating group) is 1. The van der Waals surface area contributed by atoms with Crippen LogP contribution in [0.15, 0.2) is 41.7 Å². The second-order valence-electron chi connectivity index (χ2n) is 18.2. The molecule has 0 bridgehead atoms. The minimum Gasteiger partial charge on any atom is -0.340 e. The summed E-state index contributed by atoms with van der Waals surface area (Å²) in [5.41, 5.74) is 3.21. The molecule has 1 aliphatic heterocycles. The number of amides is 1.